The average molecular weight is 312 g/mol. The third-order valence-corrected chi connectivity index (χ3v) is 4.48. The van der Waals surface area contributed by atoms with E-state index in [1.54, 1.807) is 7.11 Å². The Bertz CT molecular complexity index is 750. The van der Waals surface area contributed by atoms with Gasteiger partial charge in [-0.05, 0) is 31.2 Å². The number of allylic oxidation sites excluding steroid dienone is 1. The minimum atomic E-state index is 0.0610. The van der Waals surface area contributed by atoms with Gasteiger partial charge in [-0.2, -0.15) is 0 Å². The van der Waals surface area contributed by atoms with E-state index < -0.39 is 0 Å². The van der Waals surface area contributed by atoms with Crippen molar-refractivity contribution in [2.24, 2.45) is 0 Å². The van der Waals surface area contributed by atoms with Crippen molar-refractivity contribution >= 4 is 23.6 Å². The molecule has 3 nitrogen and oxygen atoms in total. The molecule has 2 aromatic rings. The lowest BCUT2D eigenvalue weighted by molar-refractivity contribution is 0.104. The number of carbonyl (C=O) groups excluding carboxylic acids is 1. The van der Waals surface area contributed by atoms with Gasteiger partial charge >= 0.3 is 0 Å². The number of hydrogen-bond acceptors (Lipinski definition) is 4. The second-order valence-electron chi connectivity index (χ2n) is 4.75. The summed E-state index contributed by atoms with van der Waals surface area (Å²) < 4.78 is 11.0. The number of thioether (sulfide) groups is 1. The van der Waals surface area contributed by atoms with Gasteiger partial charge in [-0.1, -0.05) is 36.0 Å². The van der Waals surface area contributed by atoms with Crippen molar-refractivity contribution in [2.45, 2.75) is 11.8 Å². The Balaban J connectivity index is 2.02. The zero-order valence-corrected chi connectivity index (χ0v) is 13.3. The third-order valence-electron chi connectivity index (χ3n) is 3.38. The van der Waals surface area contributed by atoms with Crippen molar-refractivity contribution in [1.82, 2.24) is 0 Å². The molecule has 4 heteroatoms. The van der Waals surface area contributed by atoms with Gasteiger partial charge in [0.15, 0.2) is 11.5 Å². The fourth-order valence-corrected chi connectivity index (χ4v) is 3.43. The molecule has 1 aliphatic rings. The molecule has 0 fully saturated rings. The first-order valence-corrected chi connectivity index (χ1v) is 7.89. The Labute approximate surface area is 133 Å². The number of ether oxygens (including phenoxy) is 2. The predicted molar refractivity (Wildman–Crippen MR) is 88.8 cm³/mol. The molecule has 0 aromatic heterocycles. The van der Waals surface area contributed by atoms with E-state index in [2.05, 4.69) is 0 Å². The van der Waals surface area contributed by atoms with Crippen molar-refractivity contribution < 1.29 is 14.3 Å². The zero-order chi connectivity index (χ0) is 15.5. The number of para-hydroxylation sites is 1. The minimum Gasteiger partial charge on any atom is -0.493 e. The van der Waals surface area contributed by atoms with Crippen molar-refractivity contribution in [3.05, 3.63) is 58.5 Å². The predicted octanol–water partition coefficient (Wildman–Crippen LogP) is 4.42. The molecule has 3 rings (SSSR count). The number of fused-ring (bicyclic) bond motifs is 1. The van der Waals surface area contributed by atoms with Gasteiger partial charge in [-0.15, -0.1) is 0 Å². The molecule has 1 heterocycles. The Morgan fingerprint density at radius 1 is 1.14 bits per heavy atom. The first kappa shape index (κ1) is 14.7. The molecular formula is C18H16O3S. The number of hydrogen-bond donors (Lipinski definition) is 0. The Morgan fingerprint density at radius 2 is 1.95 bits per heavy atom. The Morgan fingerprint density at radius 3 is 2.68 bits per heavy atom. The highest BCUT2D eigenvalue weighted by molar-refractivity contribution is 8.04. The molecule has 1 aliphatic heterocycles. The fourth-order valence-electron chi connectivity index (χ4n) is 2.38. The molecular weight excluding hydrogens is 296 g/mol. The highest BCUT2D eigenvalue weighted by Crippen LogP contribution is 2.42. The lowest BCUT2D eigenvalue weighted by Gasteiger charge is -2.12. The smallest absolute Gasteiger partial charge is 0.200 e. The first-order valence-electron chi connectivity index (χ1n) is 7.07. The van der Waals surface area contributed by atoms with Crippen LogP contribution in [0.3, 0.4) is 0 Å². The van der Waals surface area contributed by atoms with E-state index in [9.17, 15) is 4.79 Å². The highest BCUT2D eigenvalue weighted by Gasteiger charge is 2.25. The third kappa shape index (κ3) is 2.62. The molecule has 0 atom stereocenters. The second kappa shape index (κ2) is 6.28. The molecule has 0 aliphatic carbocycles. The van der Waals surface area contributed by atoms with Crippen LogP contribution in [0, 0.1) is 0 Å². The van der Waals surface area contributed by atoms with Crippen LogP contribution in [0.25, 0.3) is 6.08 Å². The van der Waals surface area contributed by atoms with Crippen LogP contribution >= 0.6 is 11.8 Å². The van der Waals surface area contributed by atoms with Gasteiger partial charge < -0.3 is 9.47 Å². The molecule has 0 bridgehead atoms. The molecule has 2 aromatic carbocycles. The lowest BCUT2D eigenvalue weighted by atomic mass is 10.1. The molecule has 0 N–H and O–H groups in total. The normalized spacial score (nSPS) is 15.0. The summed E-state index contributed by atoms with van der Waals surface area (Å²) in [5.74, 6) is 1.40. The Kier molecular flexibility index (Phi) is 4.20. The molecule has 0 saturated heterocycles. The van der Waals surface area contributed by atoms with Crippen LogP contribution in [0.5, 0.6) is 11.5 Å². The summed E-state index contributed by atoms with van der Waals surface area (Å²) >= 11 is 1.49. The minimum absolute atomic E-state index is 0.0610. The average Bonchev–Trinajstić information content (AvgIpc) is 2.86. The lowest BCUT2D eigenvalue weighted by Crippen LogP contribution is -1.98. The topological polar surface area (TPSA) is 35.5 Å². The number of rotatable bonds is 4. The Hall–Kier alpha value is -2.20. The largest absolute Gasteiger partial charge is 0.493 e. The van der Waals surface area contributed by atoms with E-state index >= 15 is 0 Å². The van der Waals surface area contributed by atoms with Gasteiger partial charge in [0, 0.05) is 16.0 Å². The maximum Gasteiger partial charge on any atom is 0.200 e. The van der Waals surface area contributed by atoms with Crippen molar-refractivity contribution in [1.29, 1.82) is 0 Å². The summed E-state index contributed by atoms with van der Waals surface area (Å²) in [4.78, 5) is 14.2. The van der Waals surface area contributed by atoms with Gasteiger partial charge in [0.05, 0.1) is 18.6 Å². The quantitative estimate of drug-likeness (QED) is 0.783. The van der Waals surface area contributed by atoms with Crippen LogP contribution in [-0.4, -0.2) is 19.5 Å². The molecule has 0 amide bonds. The number of ketones is 1. The van der Waals surface area contributed by atoms with Gasteiger partial charge in [-0.25, -0.2) is 0 Å². The standard InChI is InChI=1S/C18H16O3S/c1-3-21-18-12(7-6-9-14(18)20-2)11-16-17(19)13-8-4-5-10-15(13)22-16/h4-11H,3H2,1-2H3/b16-11-. The van der Waals surface area contributed by atoms with E-state index in [1.165, 1.54) is 11.8 Å². The van der Waals surface area contributed by atoms with E-state index in [4.69, 9.17) is 9.47 Å². The molecule has 0 radical (unpaired) electrons. The van der Waals surface area contributed by atoms with Crippen LogP contribution < -0.4 is 9.47 Å². The van der Waals surface area contributed by atoms with Crippen molar-refractivity contribution in [3.63, 3.8) is 0 Å². The molecule has 0 unspecified atom stereocenters. The number of methoxy groups -OCH3 is 1. The van der Waals surface area contributed by atoms with Crippen LogP contribution in [0.2, 0.25) is 0 Å². The molecule has 0 saturated carbocycles. The number of carbonyl (C=O) groups is 1. The molecule has 0 spiro atoms. The molecule has 112 valence electrons. The number of benzene rings is 2. The fraction of sp³-hybridized carbons (Fsp3) is 0.167. The van der Waals surface area contributed by atoms with E-state index in [1.807, 2.05) is 55.5 Å². The molecule has 22 heavy (non-hydrogen) atoms. The van der Waals surface area contributed by atoms with E-state index in [0.717, 1.165) is 16.0 Å². The monoisotopic (exact) mass is 312 g/mol. The maximum absolute atomic E-state index is 12.5. The summed E-state index contributed by atoms with van der Waals surface area (Å²) in [6.45, 7) is 2.46. The van der Waals surface area contributed by atoms with Gasteiger partial charge in [0.2, 0.25) is 5.78 Å². The van der Waals surface area contributed by atoms with Crippen molar-refractivity contribution in [3.8, 4) is 11.5 Å². The summed E-state index contributed by atoms with van der Waals surface area (Å²) in [5.41, 5.74) is 1.62. The first-order chi connectivity index (χ1) is 10.7. The number of Topliss-reactive ketones (excluding diaryl/α,β-unsaturated/α-hetero) is 1. The summed E-state index contributed by atoms with van der Waals surface area (Å²) in [6, 6.07) is 13.3. The highest BCUT2D eigenvalue weighted by atomic mass is 32.2. The summed E-state index contributed by atoms with van der Waals surface area (Å²) in [5, 5.41) is 0. The van der Waals surface area contributed by atoms with E-state index in [0.29, 0.717) is 23.0 Å². The van der Waals surface area contributed by atoms with Crippen LogP contribution in [-0.2, 0) is 0 Å². The van der Waals surface area contributed by atoms with Crippen LogP contribution in [0.15, 0.2) is 52.3 Å². The second-order valence-corrected chi connectivity index (χ2v) is 5.83. The van der Waals surface area contributed by atoms with Gasteiger partial charge in [0.1, 0.15) is 0 Å². The van der Waals surface area contributed by atoms with E-state index in [-0.39, 0.29) is 5.78 Å². The van der Waals surface area contributed by atoms with Gasteiger partial charge in [0.25, 0.3) is 0 Å². The van der Waals surface area contributed by atoms with Crippen molar-refractivity contribution in [2.75, 3.05) is 13.7 Å². The van der Waals surface area contributed by atoms with Gasteiger partial charge in [-0.3, -0.25) is 4.79 Å². The zero-order valence-electron chi connectivity index (χ0n) is 12.5. The van der Waals surface area contributed by atoms with Crippen LogP contribution in [0.4, 0.5) is 0 Å². The summed E-state index contributed by atoms with van der Waals surface area (Å²) in [7, 11) is 1.61. The SMILES string of the molecule is CCOc1c(/C=C2\Sc3ccccc3C2=O)cccc1OC. The summed E-state index contributed by atoms with van der Waals surface area (Å²) in [6.07, 6.45) is 1.88. The van der Waals surface area contributed by atoms with Crippen LogP contribution in [0.1, 0.15) is 22.8 Å². The maximum atomic E-state index is 12.5.